The van der Waals surface area contributed by atoms with Gasteiger partial charge >= 0.3 is 0 Å². The normalized spacial score (nSPS) is 21.9. The predicted octanol–water partition coefficient (Wildman–Crippen LogP) is 1.96. The molecular weight excluding hydrogens is 298 g/mol. The Morgan fingerprint density at radius 3 is 2.91 bits per heavy atom. The molecule has 1 aliphatic carbocycles. The van der Waals surface area contributed by atoms with Crippen LogP contribution in [0.3, 0.4) is 0 Å². The van der Waals surface area contributed by atoms with E-state index < -0.39 is 0 Å². The number of aromatic nitrogens is 2. The first-order chi connectivity index (χ1) is 10.6. The average Bonchev–Trinajstić information content (AvgIpc) is 2.91. The van der Waals surface area contributed by atoms with E-state index in [1.165, 1.54) is 11.3 Å². The van der Waals surface area contributed by atoms with E-state index in [4.69, 9.17) is 0 Å². The number of hydrogen-bond acceptors (Lipinski definition) is 5. The number of amides is 1. The third kappa shape index (κ3) is 3.51. The third-order valence-corrected chi connectivity index (χ3v) is 4.82. The number of aliphatic hydroxyl groups is 1. The highest BCUT2D eigenvalue weighted by Gasteiger charge is 2.35. The molecule has 1 aliphatic rings. The van der Waals surface area contributed by atoms with E-state index in [0.29, 0.717) is 18.0 Å². The van der Waals surface area contributed by atoms with Gasteiger partial charge in [0.15, 0.2) is 0 Å². The van der Waals surface area contributed by atoms with Crippen LogP contribution in [-0.2, 0) is 6.42 Å². The van der Waals surface area contributed by atoms with Crippen molar-refractivity contribution < 1.29 is 9.90 Å². The second-order valence-electron chi connectivity index (χ2n) is 5.74. The highest BCUT2D eigenvalue weighted by atomic mass is 32.1. The van der Waals surface area contributed by atoms with Crippen molar-refractivity contribution in [1.29, 1.82) is 0 Å². The average molecular weight is 317 g/mol. The molecule has 6 heteroatoms. The van der Waals surface area contributed by atoms with Crippen LogP contribution in [0.5, 0.6) is 0 Å². The van der Waals surface area contributed by atoms with Crippen LogP contribution in [0.4, 0.5) is 0 Å². The van der Waals surface area contributed by atoms with Crippen LogP contribution in [0.1, 0.15) is 34.0 Å². The molecule has 0 saturated heterocycles. The number of pyridine rings is 1. The summed E-state index contributed by atoms with van der Waals surface area (Å²) in [4.78, 5) is 20.9. The molecule has 1 atom stereocenters. The van der Waals surface area contributed by atoms with Gasteiger partial charge in [0.1, 0.15) is 5.69 Å². The van der Waals surface area contributed by atoms with Gasteiger partial charge in [-0.2, -0.15) is 0 Å². The van der Waals surface area contributed by atoms with Crippen LogP contribution in [0.25, 0.3) is 0 Å². The molecule has 2 N–H and O–H groups in total. The molecule has 0 aliphatic heterocycles. The Hall–Kier alpha value is -1.79. The Morgan fingerprint density at radius 1 is 1.50 bits per heavy atom. The van der Waals surface area contributed by atoms with Crippen molar-refractivity contribution in [3.8, 4) is 0 Å². The number of carbonyl (C=O) groups is 1. The largest absolute Gasteiger partial charge is 0.393 e. The van der Waals surface area contributed by atoms with Gasteiger partial charge in [-0.25, -0.2) is 4.98 Å². The molecule has 2 aromatic rings. The lowest BCUT2D eigenvalue weighted by atomic mass is 9.76. The molecule has 0 unspecified atom stereocenters. The quantitative estimate of drug-likeness (QED) is 0.884. The van der Waals surface area contributed by atoms with Crippen molar-refractivity contribution in [2.24, 2.45) is 5.92 Å². The summed E-state index contributed by atoms with van der Waals surface area (Å²) in [6, 6.07) is 5.76. The van der Waals surface area contributed by atoms with Gasteiger partial charge in [0.2, 0.25) is 0 Å². The fraction of sp³-hybridized carbons (Fsp3) is 0.438. The summed E-state index contributed by atoms with van der Waals surface area (Å²) < 4.78 is 0. The van der Waals surface area contributed by atoms with Gasteiger partial charge in [0, 0.05) is 29.7 Å². The maximum atomic E-state index is 12.3. The van der Waals surface area contributed by atoms with Crippen molar-refractivity contribution in [2.45, 2.75) is 38.3 Å². The summed E-state index contributed by atoms with van der Waals surface area (Å²) in [7, 11) is 0. The smallest absolute Gasteiger partial charge is 0.270 e. The van der Waals surface area contributed by atoms with Crippen LogP contribution < -0.4 is 5.32 Å². The van der Waals surface area contributed by atoms with Crippen LogP contribution in [0.2, 0.25) is 0 Å². The van der Waals surface area contributed by atoms with Gasteiger partial charge in [-0.3, -0.25) is 9.78 Å². The summed E-state index contributed by atoms with van der Waals surface area (Å²) in [5.74, 6) is 0.146. The summed E-state index contributed by atoms with van der Waals surface area (Å²) >= 11 is 1.47. The SMILES string of the molecule is Cc1nc(C(=O)N[C@H](Cc2ccccn2)C2CC(O)C2)cs1. The number of hydrogen-bond donors (Lipinski definition) is 2. The monoisotopic (exact) mass is 317 g/mol. The minimum Gasteiger partial charge on any atom is -0.393 e. The highest BCUT2D eigenvalue weighted by molar-refractivity contribution is 7.09. The third-order valence-electron chi connectivity index (χ3n) is 4.04. The van der Waals surface area contributed by atoms with Crippen LogP contribution in [0, 0.1) is 12.8 Å². The van der Waals surface area contributed by atoms with E-state index in [2.05, 4.69) is 15.3 Å². The summed E-state index contributed by atoms with van der Waals surface area (Å²) in [6.07, 6.45) is 3.65. The number of aryl methyl sites for hydroxylation is 1. The van der Waals surface area contributed by atoms with Crippen LogP contribution in [-0.4, -0.2) is 33.1 Å². The van der Waals surface area contributed by atoms with Crippen LogP contribution in [0.15, 0.2) is 29.8 Å². The Balaban J connectivity index is 1.69. The fourth-order valence-corrected chi connectivity index (χ4v) is 3.34. The molecule has 1 saturated carbocycles. The van der Waals surface area contributed by atoms with Crippen molar-refractivity contribution in [3.05, 3.63) is 46.2 Å². The summed E-state index contributed by atoms with van der Waals surface area (Å²) in [5.41, 5.74) is 1.41. The maximum Gasteiger partial charge on any atom is 0.270 e. The molecule has 0 spiro atoms. The number of thiazole rings is 1. The van der Waals surface area contributed by atoms with Gasteiger partial charge in [-0.1, -0.05) is 6.07 Å². The van der Waals surface area contributed by atoms with E-state index in [0.717, 1.165) is 23.5 Å². The van der Waals surface area contributed by atoms with Gasteiger partial charge in [-0.05, 0) is 37.8 Å². The lowest BCUT2D eigenvalue weighted by Crippen LogP contribution is -2.48. The van der Waals surface area contributed by atoms with Gasteiger partial charge < -0.3 is 10.4 Å². The molecule has 2 aromatic heterocycles. The van der Waals surface area contributed by atoms with E-state index >= 15 is 0 Å². The predicted molar refractivity (Wildman–Crippen MR) is 84.8 cm³/mol. The zero-order valence-corrected chi connectivity index (χ0v) is 13.2. The Morgan fingerprint density at radius 2 is 2.32 bits per heavy atom. The lowest BCUT2D eigenvalue weighted by Gasteiger charge is -2.37. The second-order valence-corrected chi connectivity index (χ2v) is 6.80. The van der Waals surface area contributed by atoms with Crippen molar-refractivity contribution in [1.82, 2.24) is 15.3 Å². The molecule has 0 aromatic carbocycles. The first-order valence-electron chi connectivity index (χ1n) is 7.43. The van der Waals surface area contributed by atoms with E-state index in [1.807, 2.05) is 25.1 Å². The molecule has 1 amide bonds. The Kier molecular flexibility index (Phi) is 4.49. The fourth-order valence-electron chi connectivity index (χ4n) is 2.75. The minimum atomic E-state index is -0.241. The van der Waals surface area contributed by atoms with Gasteiger partial charge in [-0.15, -0.1) is 11.3 Å². The molecule has 3 rings (SSSR count). The lowest BCUT2D eigenvalue weighted by molar-refractivity contribution is 0.0237. The van der Waals surface area contributed by atoms with E-state index in [-0.39, 0.29) is 18.1 Å². The molecule has 0 radical (unpaired) electrons. The highest BCUT2D eigenvalue weighted by Crippen LogP contribution is 2.31. The molecule has 22 heavy (non-hydrogen) atoms. The molecule has 1 fully saturated rings. The molecular formula is C16H19N3O2S. The molecule has 5 nitrogen and oxygen atoms in total. The molecule has 2 heterocycles. The van der Waals surface area contributed by atoms with Gasteiger partial charge in [0.25, 0.3) is 5.91 Å². The standard InChI is InChI=1S/C16H19N3O2S/c1-10-18-15(9-22-10)16(21)19-14(11-6-13(20)7-11)8-12-4-2-3-5-17-12/h2-5,9,11,13-14,20H,6-8H2,1H3,(H,19,21)/t11?,13?,14-/m1/s1. The van der Waals surface area contributed by atoms with Crippen molar-refractivity contribution >= 4 is 17.2 Å². The maximum absolute atomic E-state index is 12.3. The first kappa shape index (κ1) is 15.1. The second kappa shape index (κ2) is 6.54. The zero-order valence-electron chi connectivity index (χ0n) is 12.4. The van der Waals surface area contributed by atoms with Gasteiger partial charge in [0.05, 0.1) is 11.1 Å². The van der Waals surface area contributed by atoms with Crippen LogP contribution >= 0.6 is 11.3 Å². The molecule has 116 valence electrons. The number of nitrogens with one attached hydrogen (secondary N) is 1. The van der Waals surface area contributed by atoms with Crippen molar-refractivity contribution in [2.75, 3.05) is 0 Å². The number of carbonyl (C=O) groups excluding carboxylic acids is 1. The Labute approximate surface area is 133 Å². The number of rotatable bonds is 5. The van der Waals surface area contributed by atoms with Crippen molar-refractivity contribution in [3.63, 3.8) is 0 Å². The molecule has 0 bridgehead atoms. The van der Waals surface area contributed by atoms with E-state index in [9.17, 15) is 9.90 Å². The summed E-state index contributed by atoms with van der Waals surface area (Å²) in [6.45, 7) is 1.88. The Bertz CT molecular complexity index is 638. The number of nitrogens with zero attached hydrogens (tertiary/aromatic N) is 2. The summed E-state index contributed by atoms with van der Waals surface area (Å²) in [5, 5.41) is 15.3. The van der Waals surface area contributed by atoms with E-state index in [1.54, 1.807) is 11.6 Å². The number of aliphatic hydroxyl groups excluding tert-OH is 1. The minimum absolute atomic E-state index is 0.0205. The first-order valence-corrected chi connectivity index (χ1v) is 8.30. The zero-order chi connectivity index (χ0) is 15.5. The topological polar surface area (TPSA) is 75.1 Å².